The van der Waals surface area contributed by atoms with Crippen LogP contribution in [-0.4, -0.2) is 25.9 Å². The number of benzene rings is 1. The molecule has 0 radical (unpaired) electrons. The Labute approximate surface area is 109 Å². The Morgan fingerprint density at radius 2 is 2.11 bits per heavy atom. The zero-order valence-electron chi connectivity index (χ0n) is 11.5. The molecule has 1 aliphatic heterocycles. The van der Waals surface area contributed by atoms with Crippen LogP contribution in [0.3, 0.4) is 0 Å². The predicted molar refractivity (Wildman–Crippen MR) is 73.0 cm³/mol. The van der Waals surface area contributed by atoms with Crippen molar-refractivity contribution in [1.29, 1.82) is 0 Å². The molecule has 1 saturated heterocycles. The Kier molecular flexibility index (Phi) is 3.64. The molecular formula is C15H23NO2. The molecule has 1 aliphatic rings. The first-order valence-corrected chi connectivity index (χ1v) is 6.46. The molecule has 0 aromatic heterocycles. The van der Waals surface area contributed by atoms with Crippen LogP contribution in [0.4, 0.5) is 0 Å². The summed E-state index contributed by atoms with van der Waals surface area (Å²) in [5.74, 6) is 0.908. The summed E-state index contributed by atoms with van der Waals surface area (Å²) >= 11 is 0. The molecule has 0 amide bonds. The molecule has 100 valence electrons. The van der Waals surface area contributed by atoms with Gasteiger partial charge in [0.15, 0.2) is 0 Å². The minimum Gasteiger partial charge on any atom is -0.497 e. The van der Waals surface area contributed by atoms with E-state index < -0.39 is 0 Å². The van der Waals surface area contributed by atoms with E-state index in [0.29, 0.717) is 0 Å². The van der Waals surface area contributed by atoms with Crippen molar-refractivity contribution in [3.05, 3.63) is 29.8 Å². The fourth-order valence-electron chi connectivity index (χ4n) is 2.32. The molecule has 3 nitrogen and oxygen atoms in total. The van der Waals surface area contributed by atoms with E-state index in [1.165, 1.54) is 5.56 Å². The average molecular weight is 249 g/mol. The molecule has 0 aliphatic carbocycles. The minimum atomic E-state index is -0.124. The molecule has 0 atom stereocenters. The number of rotatable bonds is 5. The molecule has 0 bridgehead atoms. The molecule has 1 heterocycles. The molecule has 3 heteroatoms. The third-order valence-corrected chi connectivity index (χ3v) is 3.69. The third-order valence-electron chi connectivity index (χ3n) is 3.69. The fraction of sp³-hybridized carbons (Fsp3) is 0.600. The van der Waals surface area contributed by atoms with Crippen molar-refractivity contribution in [2.24, 2.45) is 5.73 Å². The van der Waals surface area contributed by atoms with E-state index in [9.17, 15) is 0 Å². The van der Waals surface area contributed by atoms with Crippen molar-refractivity contribution in [3.8, 4) is 5.75 Å². The van der Waals surface area contributed by atoms with Gasteiger partial charge in [-0.3, -0.25) is 0 Å². The molecule has 0 saturated carbocycles. The lowest BCUT2D eigenvalue weighted by Gasteiger charge is -2.43. The Balaban J connectivity index is 2.16. The van der Waals surface area contributed by atoms with Crippen LogP contribution in [-0.2, 0) is 10.2 Å². The number of hydrogen-bond acceptors (Lipinski definition) is 3. The zero-order valence-corrected chi connectivity index (χ0v) is 11.5. The lowest BCUT2D eigenvalue weighted by Crippen LogP contribution is -2.48. The normalized spacial score (nSPS) is 18.2. The number of hydrogen-bond donors (Lipinski definition) is 1. The number of nitrogens with two attached hydrogens (primary N) is 1. The van der Waals surface area contributed by atoms with E-state index in [-0.39, 0.29) is 11.0 Å². The van der Waals surface area contributed by atoms with Crippen molar-refractivity contribution in [1.82, 2.24) is 0 Å². The summed E-state index contributed by atoms with van der Waals surface area (Å²) in [7, 11) is 1.70. The molecule has 2 N–H and O–H groups in total. The topological polar surface area (TPSA) is 44.5 Å². The first-order valence-electron chi connectivity index (χ1n) is 6.46. The monoisotopic (exact) mass is 249 g/mol. The van der Waals surface area contributed by atoms with E-state index in [4.69, 9.17) is 15.2 Å². The van der Waals surface area contributed by atoms with Crippen LogP contribution in [0.1, 0.15) is 32.3 Å². The van der Waals surface area contributed by atoms with Gasteiger partial charge in [-0.25, -0.2) is 0 Å². The van der Waals surface area contributed by atoms with Gasteiger partial charge in [0.2, 0.25) is 0 Å². The highest BCUT2D eigenvalue weighted by atomic mass is 16.5. The van der Waals surface area contributed by atoms with Gasteiger partial charge in [0.25, 0.3) is 0 Å². The van der Waals surface area contributed by atoms with Crippen molar-refractivity contribution in [2.75, 3.05) is 20.3 Å². The van der Waals surface area contributed by atoms with Crippen molar-refractivity contribution < 1.29 is 9.47 Å². The van der Waals surface area contributed by atoms with Gasteiger partial charge in [0.1, 0.15) is 5.75 Å². The number of ether oxygens (including phenoxy) is 2. The molecular weight excluding hydrogens is 226 g/mol. The first-order chi connectivity index (χ1) is 8.45. The van der Waals surface area contributed by atoms with Gasteiger partial charge in [0.05, 0.1) is 20.3 Å². The molecule has 1 aromatic carbocycles. The van der Waals surface area contributed by atoms with Crippen molar-refractivity contribution >= 4 is 0 Å². The maximum Gasteiger partial charge on any atom is 0.119 e. The summed E-state index contributed by atoms with van der Waals surface area (Å²) in [5, 5.41) is 0. The fourth-order valence-corrected chi connectivity index (χ4v) is 2.32. The maximum absolute atomic E-state index is 6.09. The van der Waals surface area contributed by atoms with Crippen LogP contribution >= 0.6 is 0 Å². The summed E-state index contributed by atoms with van der Waals surface area (Å²) in [6.45, 7) is 5.73. The second-order valence-electron chi connectivity index (χ2n) is 5.99. The van der Waals surface area contributed by atoms with Crippen LogP contribution in [0.15, 0.2) is 24.3 Å². The lowest BCUT2D eigenvalue weighted by molar-refractivity contribution is -0.0669. The van der Waals surface area contributed by atoms with Gasteiger partial charge >= 0.3 is 0 Å². The third kappa shape index (κ3) is 2.85. The molecule has 1 fully saturated rings. The van der Waals surface area contributed by atoms with Gasteiger partial charge in [-0.2, -0.15) is 0 Å². The smallest absolute Gasteiger partial charge is 0.119 e. The second kappa shape index (κ2) is 4.90. The van der Waals surface area contributed by atoms with E-state index in [1.54, 1.807) is 7.11 Å². The van der Waals surface area contributed by atoms with E-state index in [0.717, 1.165) is 31.8 Å². The van der Waals surface area contributed by atoms with Crippen LogP contribution in [0.5, 0.6) is 5.75 Å². The van der Waals surface area contributed by atoms with E-state index in [1.807, 2.05) is 12.1 Å². The number of methoxy groups -OCH3 is 1. The summed E-state index contributed by atoms with van der Waals surface area (Å²) in [5.41, 5.74) is 7.40. The molecule has 2 rings (SSSR count). The second-order valence-corrected chi connectivity index (χ2v) is 5.99. The minimum absolute atomic E-state index is 0.124. The Morgan fingerprint density at radius 1 is 1.39 bits per heavy atom. The maximum atomic E-state index is 6.09. The summed E-state index contributed by atoms with van der Waals surface area (Å²) in [6, 6.07) is 8.30. The van der Waals surface area contributed by atoms with Gasteiger partial charge in [-0.15, -0.1) is 0 Å². The Bertz CT molecular complexity index is 405. The van der Waals surface area contributed by atoms with Gasteiger partial charge < -0.3 is 15.2 Å². The first kappa shape index (κ1) is 13.4. The highest BCUT2D eigenvalue weighted by molar-refractivity contribution is 5.35. The van der Waals surface area contributed by atoms with Crippen LogP contribution in [0.2, 0.25) is 0 Å². The van der Waals surface area contributed by atoms with Crippen LogP contribution in [0.25, 0.3) is 0 Å². The summed E-state index contributed by atoms with van der Waals surface area (Å²) in [4.78, 5) is 0. The summed E-state index contributed by atoms with van der Waals surface area (Å²) in [6.07, 6.45) is 2.05. The molecule has 1 aromatic rings. The predicted octanol–water partition coefficient (Wildman–Crippen LogP) is 2.48. The molecule has 0 unspecified atom stereocenters. The molecule has 0 spiro atoms. The molecule has 18 heavy (non-hydrogen) atoms. The largest absolute Gasteiger partial charge is 0.497 e. The summed E-state index contributed by atoms with van der Waals surface area (Å²) < 4.78 is 10.7. The van der Waals surface area contributed by atoms with Crippen LogP contribution in [0, 0.1) is 0 Å². The lowest BCUT2D eigenvalue weighted by atomic mass is 9.73. The van der Waals surface area contributed by atoms with E-state index in [2.05, 4.69) is 26.0 Å². The quantitative estimate of drug-likeness (QED) is 0.872. The SMILES string of the molecule is COc1cccc(C2(CCC(C)(C)N)COC2)c1. The average Bonchev–Trinajstić information content (AvgIpc) is 2.26. The highest BCUT2D eigenvalue weighted by Crippen LogP contribution is 2.39. The Morgan fingerprint density at radius 3 is 2.61 bits per heavy atom. The van der Waals surface area contributed by atoms with Crippen LogP contribution < -0.4 is 10.5 Å². The van der Waals surface area contributed by atoms with Gasteiger partial charge in [0, 0.05) is 11.0 Å². The van der Waals surface area contributed by atoms with Crippen molar-refractivity contribution in [3.63, 3.8) is 0 Å². The Hall–Kier alpha value is -1.06. The highest BCUT2D eigenvalue weighted by Gasteiger charge is 2.40. The van der Waals surface area contributed by atoms with Gasteiger partial charge in [-0.1, -0.05) is 12.1 Å². The van der Waals surface area contributed by atoms with Gasteiger partial charge in [-0.05, 0) is 44.4 Å². The standard InChI is InChI=1S/C15H23NO2/c1-14(2,16)7-8-15(10-18-11-15)12-5-4-6-13(9-12)17-3/h4-6,9H,7-8,10-11,16H2,1-3H3. The van der Waals surface area contributed by atoms with Crippen molar-refractivity contribution in [2.45, 2.75) is 37.6 Å². The van der Waals surface area contributed by atoms with E-state index >= 15 is 0 Å². The zero-order chi connectivity index (χ0) is 13.2.